The van der Waals surface area contributed by atoms with E-state index in [-0.39, 0.29) is 10.8 Å². The van der Waals surface area contributed by atoms with Gasteiger partial charge >= 0.3 is 0 Å². The first-order valence-electron chi connectivity index (χ1n) is 30.3. The van der Waals surface area contributed by atoms with Gasteiger partial charge in [0.2, 0.25) is 0 Å². The molecule has 6 heteroatoms. The van der Waals surface area contributed by atoms with E-state index < -0.39 is 0 Å². The monoisotopic (exact) mass is 1170 g/mol. The average Bonchev–Trinajstić information content (AvgIpc) is 1.78. The lowest BCUT2D eigenvalue weighted by Gasteiger charge is -2.29. The van der Waals surface area contributed by atoms with Crippen molar-refractivity contribution in [3.8, 4) is 22.3 Å². The zero-order chi connectivity index (χ0) is 59.2. The van der Waals surface area contributed by atoms with E-state index in [4.69, 9.17) is 8.83 Å². The molecule has 422 valence electrons. The highest BCUT2D eigenvalue weighted by atomic mass is 32.1. The molecule has 0 atom stereocenters. The Morgan fingerprint density at radius 2 is 0.648 bits per heavy atom. The molecule has 0 spiro atoms. The summed E-state index contributed by atoms with van der Waals surface area (Å²) in [6.45, 7) is 13.7. The zero-order valence-electron chi connectivity index (χ0n) is 49.8. The van der Waals surface area contributed by atoms with Crippen LogP contribution in [0.3, 0.4) is 0 Å². The van der Waals surface area contributed by atoms with Gasteiger partial charge in [-0.25, -0.2) is 0 Å². The lowest BCUT2D eigenvalue weighted by atomic mass is 9.87. The Kier molecular flexibility index (Phi) is 11.8. The fourth-order valence-corrected chi connectivity index (χ4v) is 15.7. The third-order valence-electron chi connectivity index (χ3n) is 18.1. The van der Waals surface area contributed by atoms with Crippen molar-refractivity contribution < 1.29 is 8.83 Å². The van der Waals surface area contributed by atoms with Crippen LogP contribution >= 0.6 is 22.7 Å². The number of thiophene rings is 2. The quantitative estimate of drug-likeness (QED) is 0.152. The topological polar surface area (TPSA) is 32.8 Å². The van der Waals surface area contributed by atoms with Gasteiger partial charge < -0.3 is 18.6 Å². The van der Waals surface area contributed by atoms with Crippen LogP contribution in [-0.4, -0.2) is 0 Å². The minimum atomic E-state index is 0.0126. The number of furan rings is 2. The molecule has 17 aromatic rings. The number of hydrogen-bond donors (Lipinski definition) is 0. The van der Waals surface area contributed by atoms with Crippen molar-refractivity contribution in [1.29, 1.82) is 0 Å². The second-order valence-electron chi connectivity index (χ2n) is 25.7. The SMILES string of the molecule is CC(C)(C)c1ccc(N(c2ccc3cc4c(cc3c2)oc2cc3oc5cc6cc(N(c7ccc(C(C)(C)C)cc7)c7cc8c(cc7-c7ccccc7)sc7ccccc78)ccc6cc5c3cc24)c2cc3c(cc2-c2ccccc2)sc2ccccc23)cc1. The maximum Gasteiger partial charge on any atom is 0.139 e. The molecule has 4 heterocycles. The summed E-state index contributed by atoms with van der Waals surface area (Å²) in [4.78, 5) is 4.89. The highest BCUT2D eigenvalue weighted by molar-refractivity contribution is 7.26. The molecule has 0 amide bonds. The van der Waals surface area contributed by atoms with E-state index in [1.54, 1.807) is 0 Å². The van der Waals surface area contributed by atoms with E-state index in [0.717, 1.165) is 99.5 Å². The molecule has 0 saturated heterocycles. The first-order chi connectivity index (χ1) is 42.8. The Morgan fingerprint density at radius 3 is 1.07 bits per heavy atom. The van der Waals surface area contributed by atoms with Crippen molar-refractivity contribution in [3.05, 3.63) is 266 Å². The summed E-state index contributed by atoms with van der Waals surface area (Å²) in [5, 5.41) is 13.8. The highest BCUT2D eigenvalue weighted by Crippen LogP contribution is 2.50. The first-order valence-corrected chi connectivity index (χ1v) is 32.0. The fourth-order valence-electron chi connectivity index (χ4n) is 13.4. The van der Waals surface area contributed by atoms with Crippen molar-refractivity contribution in [2.75, 3.05) is 9.80 Å². The first kappa shape index (κ1) is 52.4. The molecule has 13 aromatic carbocycles. The van der Waals surface area contributed by atoms with Crippen molar-refractivity contribution in [2.24, 2.45) is 0 Å². The van der Waals surface area contributed by atoms with Crippen LogP contribution in [0.5, 0.6) is 0 Å². The van der Waals surface area contributed by atoms with Gasteiger partial charge in [0.15, 0.2) is 0 Å². The molecule has 88 heavy (non-hydrogen) atoms. The summed E-state index contributed by atoms with van der Waals surface area (Å²) in [5.74, 6) is 0. The lowest BCUT2D eigenvalue weighted by molar-refractivity contribution is 0.590. The lowest BCUT2D eigenvalue weighted by Crippen LogP contribution is -2.13. The molecule has 0 saturated carbocycles. The van der Waals surface area contributed by atoms with Crippen LogP contribution in [0.2, 0.25) is 0 Å². The van der Waals surface area contributed by atoms with Crippen molar-refractivity contribution in [3.63, 3.8) is 0 Å². The van der Waals surface area contributed by atoms with Crippen molar-refractivity contribution >= 4 is 163 Å². The molecular formula is C82H60N2O2S2. The van der Waals surface area contributed by atoms with Gasteiger partial charge in [-0.05, 0) is 170 Å². The molecule has 4 aromatic heterocycles. The van der Waals surface area contributed by atoms with Crippen molar-refractivity contribution in [1.82, 2.24) is 0 Å². The Hall–Kier alpha value is -9.98. The number of benzene rings is 13. The van der Waals surface area contributed by atoms with Crippen LogP contribution in [0, 0.1) is 0 Å². The van der Waals surface area contributed by atoms with Gasteiger partial charge in [0.05, 0.1) is 11.4 Å². The number of rotatable bonds is 8. The number of fused-ring (bicyclic) bond motifs is 14. The Labute approximate surface area is 518 Å². The predicted molar refractivity (Wildman–Crippen MR) is 379 cm³/mol. The Morgan fingerprint density at radius 1 is 0.273 bits per heavy atom. The second kappa shape index (κ2) is 19.8. The largest absolute Gasteiger partial charge is 0.456 e. The van der Waals surface area contributed by atoms with E-state index in [0.29, 0.717) is 0 Å². The highest BCUT2D eigenvalue weighted by Gasteiger charge is 2.26. The molecule has 0 unspecified atom stereocenters. The van der Waals surface area contributed by atoms with E-state index >= 15 is 0 Å². The molecular weight excluding hydrogens is 1110 g/mol. The summed E-state index contributed by atoms with van der Waals surface area (Å²) >= 11 is 3.72. The zero-order valence-corrected chi connectivity index (χ0v) is 51.4. The third-order valence-corrected chi connectivity index (χ3v) is 20.4. The van der Waals surface area contributed by atoms with Crippen LogP contribution in [-0.2, 0) is 10.8 Å². The van der Waals surface area contributed by atoms with Crippen LogP contribution < -0.4 is 9.80 Å². The summed E-state index contributed by atoms with van der Waals surface area (Å²) < 4.78 is 18.9. The van der Waals surface area contributed by atoms with Crippen LogP contribution in [0.15, 0.2) is 264 Å². The summed E-state index contributed by atoms with van der Waals surface area (Å²) in [5.41, 5.74) is 17.2. The van der Waals surface area contributed by atoms with Crippen molar-refractivity contribution in [2.45, 2.75) is 52.4 Å². The standard InChI is InChI=1S/C82H60N2O2S2/c1-81(2,3)55-27-33-57(34-28-55)83(71-44-69-61-21-13-15-23-77(61)87-79(69)46-63(71)49-17-9-7-10-18-49)59-31-25-51-39-65-67-43-68-66-40-52-26-32-60(38-54(52)42-74(66)86-76(68)48-75(67)85-73(65)41-53(51)37-59)84(58-35-29-56(30-36-58)82(4,5)6)72-45-70-62-22-14-16-24-78(62)88-80(70)47-64(72)50-19-11-8-12-20-50/h7-48H,1-6H3. The molecule has 0 bridgehead atoms. The van der Waals surface area contributed by atoms with Gasteiger partial charge in [-0.2, -0.15) is 0 Å². The average molecular weight is 1170 g/mol. The summed E-state index contributed by atoms with van der Waals surface area (Å²) in [6.07, 6.45) is 0. The molecule has 0 aliphatic rings. The molecule has 0 radical (unpaired) electrons. The Balaban J connectivity index is 0.786. The second-order valence-corrected chi connectivity index (χ2v) is 27.9. The van der Waals surface area contributed by atoms with E-state index in [2.05, 4.69) is 306 Å². The summed E-state index contributed by atoms with van der Waals surface area (Å²) in [6, 6.07) is 94.4. The fraction of sp³-hybridized carbons (Fsp3) is 0.0976. The van der Waals surface area contributed by atoms with Gasteiger partial charge in [0.1, 0.15) is 22.3 Å². The van der Waals surface area contributed by atoms with Crippen LogP contribution in [0.25, 0.3) is 128 Å². The Bertz CT molecular complexity index is 5290. The van der Waals surface area contributed by atoms with Gasteiger partial charge in [-0.3, -0.25) is 0 Å². The molecule has 17 rings (SSSR count). The van der Waals surface area contributed by atoms with E-state index in [1.807, 2.05) is 22.7 Å². The van der Waals surface area contributed by atoms with E-state index in [9.17, 15) is 0 Å². The smallest absolute Gasteiger partial charge is 0.139 e. The summed E-state index contributed by atoms with van der Waals surface area (Å²) in [7, 11) is 0. The molecule has 0 aliphatic heterocycles. The van der Waals surface area contributed by atoms with E-state index in [1.165, 1.54) is 73.7 Å². The number of anilines is 6. The maximum absolute atomic E-state index is 6.88. The van der Waals surface area contributed by atoms with Gasteiger partial charge in [0.25, 0.3) is 0 Å². The number of hydrogen-bond acceptors (Lipinski definition) is 6. The normalized spacial score (nSPS) is 12.4. The molecule has 4 nitrogen and oxygen atoms in total. The molecule has 0 N–H and O–H groups in total. The van der Waals surface area contributed by atoms with Gasteiger partial charge in [-0.1, -0.05) is 175 Å². The minimum absolute atomic E-state index is 0.0126. The maximum atomic E-state index is 6.88. The van der Waals surface area contributed by atoms with Gasteiger partial charge in [-0.15, -0.1) is 22.7 Å². The van der Waals surface area contributed by atoms with Crippen LogP contribution in [0.4, 0.5) is 34.1 Å². The predicted octanol–water partition coefficient (Wildman–Crippen LogP) is 25.4. The van der Waals surface area contributed by atoms with Crippen LogP contribution in [0.1, 0.15) is 52.7 Å². The third kappa shape index (κ3) is 8.68. The molecule has 0 fully saturated rings. The number of nitrogens with zero attached hydrogens (tertiary/aromatic N) is 2. The van der Waals surface area contributed by atoms with Gasteiger partial charge in [0, 0.05) is 102 Å². The molecule has 0 aliphatic carbocycles. The minimum Gasteiger partial charge on any atom is -0.456 e.